The summed E-state index contributed by atoms with van der Waals surface area (Å²) in [5.74, 6) is -0.112. The highest BCUT2D eigenvalue weighted by Crippen LogP contribution is 2.24. The number of carbonyl (C=O) groups is 1. The standard InChI is InChI=1S/C11H15ClN2OS/c1-7-13-9(6-16-7)10(12)11(15)14-8-4-2-3-5-8/h6,8,10H,2-5H2,1H3,(H,14,15). The van der Waals surface area contributed by atoms with Crippen LogP contribution < -0.4 is 5.32 Å². The number of halogens is 1. The monoisotopic (exact) mass is 258 g/mol. The molecule has 1 saturated carbocycles. The fraction of sp³-hybridized carbons (Fsp3) is 0.636. The third-order valence-corrected chi connectivity index (χ3v) is 4.04. The highest BCUT2D eigenvalue weighted by molar-refractivity contribution is 7.09. The molecule has 0 aliphatic heterocycles. The molecule has 1 aliphatic rings. The first-order valence-electron chi connectivity index (χ1n) is 5.53. The molecular weight excluding hydrogens is 244 g/mol. The van der Waals surface area contributed by atoms with Crippen molar-refractivity contribution >= 4 is 28.8 Å². The van der Waals surface area contributed by atoms with Crippen molar-refractivity contribution in [1.82, 2.24) is 10.3 Å². The van der Waals surface area contributed by atoms with Crippen LogP contribution in [0, 0.1) is 6.92 Å². The molecule has 0 spiro atoms. The first kappa shape index (κ1) is 11.9. The van der Waals surface area contributed by atoms with Crippen LogP contribution in [-0.2, 0) is 4.79 Å². The van der Waals surface area contributed by atoms with Gasteiger partial charge in [0.25, 0.3) is 0 Å². The van der Waals surface area contributed by atoms with E-state index in [1.165, 1.54) is 24.2 Å². The molecule has 2 rings (SSSR count). The van der Waals surface area contributed by atoms with Crippen molar-refractivity contribution in [1.29, 1.82) is 0 Å². The van der Waals surface area contributed by atoms with Crippen molar-refractivity contribution in [2.24, 2.45) is 0 Å². The van der Waals surface area contributed by atoms with E-state index in [0.29, 0.717) is 11.7 Å². The average Bonchev–Trinajstić information content (AvgIpc) is 2.88. The van der Waals surface area contributed by atoms with E-state index in [-0.39, 0.29) is 5.91 Å². The number of hydrogen-bond acceptors (Lipinski definition) is 3. The second-order valence-corrected chi connectivity index (χ2v) is 5.64. The number of carbonyl (C=O) groups excluding carboxylic acids is 1. The van der Waals surface area contributed by atoms with Gasteiger partial charge in [-0.3, -0.25) is 4.79 Å². The summed E-state index contributed by atoms with van der Waals surface area (Å²) in [5, 5.41) is 5.12. The van der Waals surface area contributed by atoms with Gasteiger partial charge in [-0.2, -0.15) is 0 Å². The molecule has 1 fully saturated rings. The Balaban J connectivity index is 1.93. The number of nitrogens with one attached hydrogen (secondary N) is 1. The van der Waals surface area contributed by atoms with Crippen molar-refractivity contribution in [2.75, 3.05) is 0 Å². The minimum Gasteiger partial charge on any atom is -0.352 e. The van der Waals surface area contributed by atoms with Crippen LogP contribution in [0.4, 0.5) is 0 Å². The number of rotatable bonds is 3. The average molecular weight is 259 g/mol. The molecule has 5 heteroatoms. The third-order valence-electron chi connectivity index (χ3n) is 2.83. The Morgan fingerprint density at radius 2 is 2.31 bits per heavy atom. The maximum atomic E-state index is 11.8. The van der Waals surface area contributed by atoms with Crippen molar-refractivity contribution in [2.45, 2.75) is 44.0 Å². The van der Waals surface area contributed by atoms with Crippen LogP contribution in [0.25, 0.3) is 0 Å². The van der Waals surface area contributed by atoms with Crippen LogP contribution in [0.1, 0.15) is 41.8 Å². The summed E-state index contributed by atoms with van der Waals surface area (Å²) >= 11 is 7.60. The second-order valence-electron chi connectivity index (χ2n) is 4.14. The van der Waals surface area contributed by atoms with E-state index >= 15 is 0 Å². The lowest BCUT2D eigenvalue weighted by molar-refractivity contribution is -0.121. The molecule has 3 nitrogen and oxygen atoms in total. The SMILES string of the molecule is Cc1nc(C(Cl)C(=O)NC2CCCC2)cs1. The van der Waals surface area contributed by atoms with E-state index in [0.717, 1.165) is 17.8 Å². The molecule has 16 heavy (non-hydrogen) atoms. The third kappa shape index (κ3) is 2.74. The zero-order valence-corrected chi connectivity index (χ0v) is 10.8. The molecule has 0 saturated heterocycles. The minimum atomic E-state index is -0.648. The number of amides is 1. The van der Waals surface area contributed by atoms with Gasteiger partial charge in [-0.25, -0.2) is 4.98 Å². The minimum absolute atomic E-state index is 0.112. The number of thiazole rings is 1. The van der Waals surface area contributed by atoms with Gasteiger partial charge in [0.2, 0.25) is 5.91 Å². The Kier molecular flexibility index (Phi) is 3.82. The summed E-state index contributed by atoms with van der Waals surface area (Å²) in [4.78, 5) is 16.1. The molecule has 0 bridgehead atoms. The lowest BCUT2D eigenvalue weighted by atomic mass is 10.2. The number of aryl methyl sites for hydroxylation is 1. The van der Waals surface area contributed by atoms with Crippen molar-refractivity contribution in [3.8, 4) is 0 Å². The van der Waals surface area contributed by atoms with E-state index < -0.39 is 5.38 Å². The van der Waals surface area contributed by atoms with Gasteiger partial charge >= 0.3 is 0 Å². The highest BCUT2D eigenvalue weighted by Gasteiger charge is 2.24. The lowest BCUT2D eigenvalue weighted by Gasteiger charge is -2.14. The highest BCUT2D eigenvalue weighted by atomic mass is 35.5. The van der Waals surface area contributed by atoms with Gasteiger partial charge in [-0.1, -0.05) is 12.8 Å². The Bertz CT molecular complexity index is 374. The topological polar surface area (TPSA) is 42.0 Å². The smallest absolute Gasteiger partial charge is 0.244 e. The molecule has 1 aromatic rings. The Morgan fingerprint density at radius 3 is 2.88 bits per heavy atom. The van der Waals surface area contributed by atoms with Gasteiger partial charge in [0.15, 0.2) is 5.38 Å². The fourth-order valence-electron chi connectivity index (χ4n) is 1.98. The number of hydrogen-bond donors (Lipinski definition) is 1. The first-order valence-corrected chi connectivity index (χ1v) is 6.85. The van der Waals surface area contributed by atoms with Crippen molar-refractivity contribution in [3.05, 3.63) is 16.1 Å². The Hall–Kier alpha value is -0.610. The van der Waals surface area contributed by atoms with Crippen LogP contribution in [0.5, 0.6) is 0 Å². The number of nitrogens with zero attached hydrogens (tertiary/aromatic N) is 1. The fourth-order valence-corrected chi connectivity index (χ4v) is 2.86. The summed E-state index contributed by atoms with van der Waals surface area (Å²) in [6.07, 6.45) is 4.55. The first-order chi connectivity index (χ1) is 7.66. The zero-order chi connectivity index (χ0) is 11.5. The molecule has 1 N–H and O–H groups in total. The van der Waals surface area contributed by atoms with Crippen LogP contribution in [0.15, 0.2) is 5.38 Å². The molecule has 1 unspecified atom stereocenters. The van der Waals surface area contributed by atoms with Gasteiger partial charge in [0.1, 0.15) is 0 Å². The van der Waals surface area contributed by atoms with Crippen LogP contribution >= 0.6 is 22.9 Å². The quantitative estimate of drug-likeness (QED) is 0.847. The predicted octanol–water partition coefficient (Wildman–Crippen LogP) is 2.79. The van der Waals surface area contributed by atoms with E-state index in [1.807, 2.05) is 12.3 Å². The molecule has 1 aromatic heterocycles. The van der Waals surface area contributed by atoms with Crippen molar-refractivity contribution < 1.29 is 4.79 Å². The van der Waals surface area contributed by atoms with Crippen LogP contribution in [0.2, 0.25) is 0 Å². The van der Waals surface area contributed by atoms with Gasteiger partial charge in [0.05, 0.1) is 10.7 Å². The van der Waals surface area contributed by atoms with Gasteiger partial charge in [0, 0.05) is 11.4 Å². The van der Waals surface area contributed by atoms with E-state index in [2.05, 4.69) is 10.3 Å². The maximum Gasteiger partial charge on any atom is 0.244 e. The van der Waals surface area contributed by atoms with Gasteiger partial charge in [-0.15, -0.1) is 22.9 Å². The number of aromatic nitrogens is 1. The summed E-state index contributed by atoms with van der Waals surface area (Å²) in [5.41, 5.74) is 0.666. The number of alkyl halides is 1. The second kappa shape index (κ2) is 5.15. The predicted molar refractivity (Wildman–Crippen MR) is 65.8 cm³/mol. The van der Waals surface area contributed by atoms with Gasteiger partial charge < -0.3 is 5.32 Å². The summed E-state index contributed by atoms with van der Waals surface area (Å²) in [7, 11) is 0. The Morgan fingerprint density at radius 1 is 1.62 bits per heavy atom. The van der Waals surface area contributed by atoms with E-state index in [9.17, 15) is 4.79 Å². The molecule has 0 radical (unpaired) electrons. The molecule has 1 amide bonds. The Labute approximate surface area is 104 Å². The lowest BCUT2D eigenvalue weighted by Crippen LogP contribution is -2.35. The molecule has 88 valence electrons. The zero-order valence-electron chi connectivity index (χ0n) is 9.20. The van der Waals surface area contributed by atoms with Crippen molar-refractivity contribution in [3.63, 3.8) is 0 Å². The molecule has 1 atom stereocenters. The van der Waals surface area contributed by atoms with E-state index in [1.54, 1.807) is 0 Å². The summed E-state index contributed by atoms with van der Waals surface area (Å²) < 4.78 is 0. The van der Waals surface area contributed by atoms with Crippen LogP contribution in [-0.4, -0.2) is 16.9 Å². The molecular formula is C11H15ClN2OS. The largest absolute Gasteiger partial charge is 0.352 e. The molecule has 1 aliphatic carbocycles. The summed E-state index contributed by atoms with van der Waals surface area (Å²) in [6.45, 7) is 1.91. The summed E-state index contributed by atoms with van der Waals surface area (Å²) in [6, 6.07) is 0.313. The molecule has 0 aromatic carbocycles. The molecule has 1 heterocycles. The van der Waals surface area contributed by atoms with Crippen LogP contribution in [0.3, 0.4) is 0 Å². The maximum absolute atomic E-state index is 11.8. The van der Waals surface area contributed by atoms with E-state index in [4.69, 9.17) is 11.6 Å². The van der Waals surface area contributed by atoms with Gasteiger partial charge in [-0.05, 0) is 19.8 Å². The normalized spacial score (nSPS) is 18.6.